The topological polar surface area (TPSA) is 89.2 Å². The van der Waals surface area contributed by atoms with E-state index >= 15 is 0 Å². The highest BCUT2D eigenvalue weighted by Crippen LogP contribution is 2.26. The Morgan fingerprint density at radius 2 is 1.95 bits per heavy atom. The van der Waals surface area contributed by atoms with Crippen molar-refractivity contribution in [2.45, 2.75) is 0 Å². The fourth-order valence-corrected chi connectivity index (χ4v) is 1.99. The zero-order chi connectivity index (χ0) is 14.7. The third kappa shape index (κ3) is 3.47. The molecule has 0 spiro atoms. The van der Waals surface area contributed by atoms with Gasteiger partial charge in [0.2, 0.25) is 17.8 Å². The lowest BCUT2D eigenvalue weighted by Crippen LogP contribution is -2.15. The van der Waals surface area contributed by atoms with Gasteiger partial charge in [0.25, 0.3) is 0 Å². The second-order valence-electron chi connectivity index (χ2n) is 4.22. The van der Waals surface area contributed by atoms with Crippen LogP contribution in [0.5, 0.6) is 5.75 Å². The molecule has 0 atom stereocenters. The molecule has 7 nitrogen and oxygen atoms in total. The number of benzene rings is 1. The lowest BCUT2D eigenvalue weighted by molar-refractivity contribution is 0.415. The molecule has 2 rings (SSSR count). The summed E-state index contributed by atoms with van der Waals surface area (Å²) in [6, 6.07) is 5.58. The normalized spacial score (nSPS) is 10.2. The molecule has 1 heterocycles. The number of hydrogen-bond acceptors (Lipinski definition) is 7. The van der Waals surface area contributed by atoms with Crippen molar-refractivity contribution in [3.63, 3.8) is 0 Å². The smallest absolute Gasteiger partial charge is 0.233 e. The first-order chi connectivity index (χ1) is 9.47. The van der Waals surface area contributed by atoms with E-state index in [1.807, 2.05) is 32.3 Å². The van der Waals surface area contributed by atoms with E-state index in [1.165, 1.54) is 0 Å². The van der Waals surface area contributed by atoms with Crippen molar-refractivity contribution >= 4 is 39.5 Å². The number of nitrogens with two attached hydrogens (primary N) is 1. The molecule has 0 aliphatic heterocycles. The molecule has 0 aliphatic carbocycles. The Kier molecular flexibility index (Phi) is 4.23. The first-order valence-corrected chi connectivity index (χ1v) is 6.57. The first kappa shape index (κ1) is 14.3. The molecule has 0 saturated heterocycles. The van der Waals surface area contributed by atoms with Crippen LogP contribution >= 0.6 is 15.9 Å². The van der Waals surface area contributed by atoms with E-state index in [9.17, 15) is 0 Å². The van der Waals surface area contributed by atoms with Gasteiger partial charge in [0.05, 0.1) is 7.11 Å². The minimum absolute atomic E-state index is 0.160. The van der Waals surface area contributed by atoms with Crippen LogP contribution in [0.3, 0.4) is 0 Å². The highest BCUT2D eigenvalue weighted by atomic mass is 79.9. The zero-order valence-corrected chi connectivity index (χ0v) is 13.0. The van der Waals surface area contributed by atoms with Gasteiger partial charge in [0, 0.05) is 30.3 Å². The van der Waals surface area contributed by atoms with E-state index in [1.54, 1.807) is 12.0 Å². The van der Waals surface area contributed by atoms with Crippen LogP contribution in [-0.2, 0) is 0 Å². The minimum Gasteiger partial charge on any atom is -0.497 e. The van der Waals surface area contributed by atoms with Crippen LogP contribution in [0.2, 0.25) is 0 Å². The summed E-state index contributed by atoms with van der Waals surface area (Å²) in [6.45, 7) is 0. The van der Waals surface area contributed by atoms with Crippen LogP contribution < -0.4 is 20.7 Å². The quantitative estimate of drug-likeness (QED) is 0.881. The second-order valence-corrected chi connectivity index (χ2v) is 5.13. The van der Waals surface area contributed by atoms with E-state index in [2.05, 4.69) is 36.2 Å². The SMILES string of the molecule is COc1cc(Br)cc(Nc2nc(N)nc(N(C)C)n2)c1. The van der Waals surface area contributed by atoms with Crippen molar-refractivity contribution in [1.82, 2.24) is 15.0 Å². The predicted molar refractivity (Wildman–Crippen MR) is 82.5 cm³/mol. The van der Waals surface area contributed by atoms with Crippen molar-refractivity contribution in [2.24, 2.45) is 0 Å². The van der Waals surface area contributed by atoms with Gasteiger partial charge in [0.15, 0.2) is 0 Å². The van der Waals surface area contributed by atoms with Gasteiger partial charge in [-0.3, -0.25) is 0 Å². The Bertz CT molecular complexity index is 619. The highest BCUT2D eigenvalue weighted by molar-refractivity contribution is 9.10. The number of aromatic nitrogens is 3. The molecule has 0 amide bonds. The number of methoxy groups -OCH3 is 1. The first-order valence-electron chi connectivity index (χ1n) is 5.78. The summed E-state index contributed by atoms with van der Waals surface area (Å²) in [7, 11) is 5.28. The van der Waals surface area contributed by atoms with Gasteiger partial charge in [-0.15, -0.1) is 0 Å². The van der Waals surface area contributed by atoms with Gasteiger partial charge >= 0.3 is 0 Å². The summed E-state index contributed by atoms with van der Waals surface area (Å²) in [4.78, 5) is 14.1. The summed E-state index contributed by atoms with van der Waals surface area (Å²) in [5.41, 5.74) is 6.46. The molecular weight excluding hydrogens is 324 g/mol. The molecule has 1 aromatic carbocycles. The standard InChI is InChI=1S/C12H15BrN6O/c1-19(2)12-17-10(14)16-11(18-12)15-8-4-7(13)5-9(6-8)20-3/h4-6H,1-3H3,(H3,14,15,16,17,18). The Labute approximate surface area is 125 Å². The van der Waals surface area contributed by atoms with Crippen molar-refractivity contribution in [3.8, 4) is 5.75 Å². The van der Waals surface area contributed by atoms with Gasteiger partial charge in [-0.25, -0.2) is 0 Å². The number of nitrogens with one attached hydrogen (secondary N) is 1. The van der Waals surface area contributed by atoms with E-state index in [0.29, 0.717) is 11.9 Å². The van der Waals surface area contributed by atoms with Crippen LogP contribution in [-0.4, -0.2) is 36.2 Å². The van der Waals surface area contributed by atoms with Crippen molar-refractivity contribution in [3.05, 3.63) is 22.7 Å². The maximum Gasteiger partial charge on any atom is 0.233 e. The summed E-state index contributed by atoms with van der Waals surface area (Å²) in [5.74, 6) is 1.74. The van der Waals surface area contributed by atoms with Crippen LogP contribution in [0.1, 0.15) is 0 Å². The number of nitrogen functional groups attached to an aromatic ring is 1. The van der Waals surface area contributed by atoms with Gasteiger partial charge in [0.1, 0.15) is 5.75 Å². The molecule has 0 radical (unpaired) electrons. The molecule has 0 aliphatic rings. The minimum atomic E-state index is 0.160. The maximum atomic E-state index is 5.67. The largest absolute Gasteiger partial charge is 0.497 e. The van der Waals surface area contributed by atoms with Crippen molar-refractivity contribution in [2.75, 3.05) is 37.2 Å². The molecule has 0 bridgehead atoms. The van der Waals surface area contributed by atoms with E-state index in [-0.39, 0.29) is 5.95 Å². The van der Waals surface area contributed by atoms with Crippen LogP contribution in [0.15, 0.2) is 22.7 Å². The van der Waals surface area contributed by atoms with Gasteiger partial charge in [-0.1, -0.05) is 15.9 Å². The van der Waals surface area contributed by atoms with Gasteiger partial charge in [-0.2, -0.15) is 15.0 Å². The third-order valence-corrected chi connectivity index (χ3v) is 2.86. The molecular formula is C12H15BrN6O. The molecule has 1 aromatic heterocycles. The van der Waals surface area contributed by atoms with E-state index < -0.39 is 0 Å². The third-order valence-electron chi connectivity index (χ3n) is 2.40. The summed E-state index contributed by atoms with van der Waals surface area (Å²) >= 11 is 3.41. The Morgan fingerprint density at radius 1 is 1.20 bits per heavy atom. The van der Waals surface area contributed by atoms with E-state index in [0.717, 1.165) is 15.9 Å². The zero-order valence-electron chi connectivity index (χ0n) is 11.4. The fourth-order valence-electron chi connectivity index (χ4n) is 1.52. The number of rotatable bonds is 4. The van der Waals surface area contributed by atoms with Crippen molar-refractivity contribution < 1.29 is 4.74 Å². The predicted octanol–water partition coefficient (Wildman–Crippen LogP) is 2.03. The average molecular weight is 339 g/mol. The lowest BCUT2D eigenvalue weighted by atomic mass is 10.3. The number of nitrogens with zero attached hydrogens (tertiary/aromatic N) is 4. The maximum absolute atomic E-state index is 5.67. The van der Waals surface area contributed by atoms with E-state index in [4.69, 9.17) is 10.5 Å². The Balaban J connectivity index is 2.32. The molecule has 0 fully saturated rings. The molecule has 0 unspecified atom stereocenters. The average Bonchev–Trinajstić information content (AvgIpc) is 2.37. The number of halogens is 1. The summed E-state index contributed by atoms with van der Waals surface area (Å²) < 4.78 is 6.09. The Hall–Kier alpha value is -2.09. The lowest BCUT2D eigenvalue weighted by Gasteiger charge is -2.12. The fraction of sp³-hybridized carbons (Fsp3) is 0.250. The molecule has 0 saturated carbocycles. The van der Waals surface area contributed by atoms with Crippen LogP contribution in [0.4, 0.5) is 23.5 Å². The molecule has 2 aromatic rings. The molecule has 3 N–H and O–H groups in total. The molecule has 8 heteroatoms. The number of ether oxygens (including phenoxy) is 1. The highest BCUT2D eigenvalue weighted by Gasteiger charge is 2.07. The monoisotopic (exact) mass is 338 g/mol. The second kappa shape index (κ2) is 5.91. The van der Waals surface area contributed by atoms with Crippen LogP contribution in [0, 0.1) is 0 Å². The summed E-state index contributed by atoms with van der Waals surface area (Å²) in [5, 5.41) is 3.08. The number of anilines is 4. The molecule has 106 valence electrons. The van der Waals surface area contributed by atoms with Gasteiger partial charge in [-0.05, 0) is 12.1 Å². The summed E-state index contributed by atoms with van der Waals surface area (Å²) in [6.07, 6.45) is 0. The van der Waals surface area contributed by atoms with Gasteiger partial charge < -0.3 is 20.7 Å². The molecule has 20 heavy (non-hydrogen) atoms. The van der Waals surface area contributed by atoms with Crippen LogP contribution in [0.25, 0.3) is 0 Å². The van der Waals surface area contributed by atoms with Crippen molar-refractivity contribution in [1.29, 1.82) is 0 Å². The number of hydrogen-bond donors (Lipinski definition) is 2. The Morgan fingerprint density at radius 3 is 2.60 bits per heavy atom.